The monoisotopic (exact) mass is 328 g/mol. The van der Waals surface area contributed by atoms with E-state index in [2.05, 4.69) is 62.1 Å². The van der Waals surface area contributed by atoms with E-state index in [4.69, 9.17) is 0 Å². The lowest BCUT2D eigenvalue weighted by Gasteiger charge is -2.59. The van der Waals surface area contributed by atoms with Crippen molar-refractivity contribution in [1.29, 1.82) is 0 Å². The van der Waals surface area contributed by atoms with Crippen LogP contribution in [0.4, 0.5) is 0 Å². The third-order valence-electron chi connectivity index (χ3n) is 4.89. The first-order chi connectivity index (χ1) is 10.3. The van der Waals surface area contributed by atoms with Crippen LogP contribution in [-0.2, 0) is 5.60 Å². The molecule has 0 radical (unpaired) electrons. The van der Waals surface area contributed by atoms with Gasteiger partial charge in [-0.05, 0) is 30.5 Å². The summed E-state index contributed by atoms with van der Waals surface area (Å²) in [6, 6.07) is 20.8. The van der Waals surface area contributed by atoms with Crippen molar-refractivity contribution in [2.75, 3.05) is 0 Å². The fraction of sp³-hybridized carbons (Fsp3) is 0.368. The van der Waals surface area contributed by atoms with Crippen LogP contribution >= 0.6 is 11.8 Å². The summed E-state index contributed by atoms with van der Waals surface area (Å²) < 4.78 is 0.207. The molecule has 0 spiro atoms. The van der Waals surface area contributed by atoms with Gasteiger partial charge in [-0.15, -0.1) is 11.8 Å². The van der Waals surface area contributed by atoms with Gasteiger partial charge < -0.3 is 5.11 Å². The largest absolute Gasteiger partial charge is 0.385 e. The van der Waals surface area contributed by atoms with Gasteiger partial charge in [-0.1, -0.05) is 68.2 Å². The Bertz CT molecular complexity index is 627. The molecule has 1 aliphatic rings. The van der Waals surface area contributed by atoms with Crippen LogP contribution in [0.25, 0.3) is 0 Å². The zero-order chi connectivity index (χ0) is 15.8. The van der Waals surface area contributed by atoms with E-state index in [1.807, 2.05) is 30.0 Å². The van der Waals surface area contributed by atoms with Crippen LogP contribution in [-0.4, -0.2) is 17.6 Å². The van der Waals surface area contributed by atoms with Crippen molar-refractivity contribution in [2.24, 2.45) is 0 Å². The van der Waals surface area contributed by atoms with E-state index in [9.17, 15) is 5.11 Å². The van der Waals surface area contributed by atoms with Gasteiger partial charge in [0.05, 0.1) is 13.7 Å². The summed E-state index contributed by atoms with van der Waals surface area (Å²) in [4.78, 5) is 1.32. The van der Waals surface area contributed by atoms with Gasteiger partial charge in [0.1, 0.15) is 0 Å². The zero-order valence-corrected chi connectivity index (χ0v) is 15.4. The highest BCUT2D eigenvalue weighted by atomic mass is 32.2. The van der Waals surface area contributed by atoms with E-state index in [0.717, 1.165) is 18.4 Å². The Morgan fingerprint density at radius 2 is 1.36 bits per heavy atom. The number of thioether (sulfide) groups is 1. The summed E-state index contributed by atoms with van der Waals surface area (Å²) in [7, 11) is -1.43. The average molecular weight is 329 g/mol. The van der Waals surface area contributed by atoms with Crippen molar-refractivity contribution in [3.8, 4) is 0 Å². The molecule has 1 nitrogen and oxygen atoms in total. The molecule has 22 heavy (non-hydrogen) atoms. The maximum absolute atomic E-state index is 11.1. The first-order valence-electron chi connectivity index (χ1n) is 7.87. The van der Waals surface area contributed by atoms with Crippen molar-refractivity contribution in [3.63, 3.8) is 0 Å². The smallest absolute Gasteiger partial charge is 0.0917 e. The maximum atomic E-state index is 11.1. The molecule has 0 heterocycles. The summed E-state index contributed by atoms with van der Waals surface area (Å²) >= 11 is 1.98. The van der Waals surface area contributed by atoms with Gasteiger partial charge in [-0.2, -0.15) is 0 Å². The first-order valence-corrected chi connectivity index (χ1v) is 12.2. The Kier molecular flexibility index (Phi) is 4.00. The van der Waals surface area contributed by atoms with Crippen LogP contribution < -0.4 is 0 Å². The third kappa shape index (κ3) is 2.78. The minimum atomic E-state index is -1.43. The van der Waals surface area contributed by atoms with Crippen molar-refractivity contribution in [1.82, 2.24) is 0 Å². The predicted octanol–water partition coefficient (Wildman–Crippen LogP) is 5.08. The summed E-state index contributed by atoms with van der Waals surface area (Å²) in [5.41, 5.74) is 0.418. The van der Waals surface area contributed by atoms with Crippen LogP contribution in [0.5, 0.6) is 0 Å². The fourth-order valence-electron chi connectivity index (χ4n) is 3.32. The molecular weight excluding hydrogens is 304 g/mol. The first kappa shape index (κ1) is 15.8. The molecule has 1 fully saturated rings. The van der Waals surface area contributed by atoms with Crippen LogP contribution in [0.15, 0.2) is 65.6 Å². The maximum Gasteiger partial charge on any atom is 0.0917 e. The molecule has 1 aliphatic carbocycles. The lowest BCUT2D eigenvalue weighted by molar-refractivity contribution is -0.0466. The van der Waals surface area contributed by atoms with Crippen LogP contribution in [0.1, 0.15) is 18.4 Å². The highest BCUT2D eigenvalue weighted by Crippen LogP contribution is 2.61. The number of hydrogen-bond acceptors (Lipinski definition) is 2. The van der Waals surface area contributed by atoms with E-state index in [0.29, 0.717) is 0 Å². The van der Waals surface area contributed by atoms with Crippen LogP contribution in [0.2, 0.25) is 19.6 Å². The quantitative estimate of drug-likeness (QED) is 0.790. The van der Waals surface area contributed by atoms with E-state index in [1.54, 1.807) is 0 Å². The number of benzene rings is 2. The number of hydrogen-bond donors (Lipinski definition) is 1. The molecule has 0 amide bonds. The molecule has 3 heteroatoms. The van der Waals surface area contributed by atoms with Gasteiger partial charge in [-0.3, -0.25) is 0 Å². The van der Waals surface area contributed by atoms with Crippen LogP contribution in [0, 0.1) is 0 Å². The molecular formula is C19H24OSSi. The second-order valence-corrected chi connectivity index (χ2v) is 14.7. The minimum absolute atomic E-state index is 0.207. The van der Waals surface area contributed by atoms with E-state index < -0.39 is 13.7 Å². The van der Waals surface area contributed by atoms with Crippen molar-refractivity contribution in [2.45, 2.75) is 47.3 Å². The van der Waals surface area contributed by atoms with Crippen LogP contribution in [0.3, 0.4) is 0 Å². The molecule has 0 unspecified atom stereocenters. The van der Waals surface area contributed by atoms with Crippen molar-refractivity contribution in [3.05, 3.63) is 66.2 Å². The standard InChI is InChI=1S/C19H24OSSi/c1-22(2,3)19(21-17-12-8-5-9-13-17)14-18(20,15-19)16-10-6-4-7-11-16/h4-13,20H,14-15H2,1-3H3. The summed E-state index contributed by atoms with van der Waals surface area (Å²) in [5.74, 6) is 0. The average Bonchev–Trinajstić information content (AvgIpc) is 2.46. The molecule has 116 valence electrons. The molecule has 0 aliphatic heterocycles. The molecule has 3 rings (SSSR count). The number of rotatable bonds is 4. The molecule has 1 saturated carbocycles. The summed E-state index contributed by atoms with van der Waals surface area (Å²) in [5, 5.41) is 11.1. The SMILES string of the molecule is C[Si](C)(C)C1(Sc2ccccc2)CC(O)(c2ccccc2)C1. The molecule has 0 bridgehead atoms. The van der Waals surface area contributed by atoms with E-state index in [1.165, 1.54) is 4.90 Å². The van der Waals surface area contributed by atoms with Gasteiger partial charge >= 0.3 is 0 Å². The second-order valence-electron chi connectivity index (χ2n) is 7.41. The molecule has 0 saturated heterocycles. The molecule has 2 aromatic rings. The Morgan fingerprint density at radius 3 is 1.86 bits per heavy atom. The van der Waals surface area contributed by atoms with Crippen molar-refractivity contribution >= 4 is 19.8 Å². The lowest BCUT2D eigenvalue weighted by atomic mass is 9.74. The number of aliphatic hydroxyl groups is 1. The minimum Gasteiger partial charge on any atom is -0.385 e. The predicted molar refractivity (Wildman–Crippen MR) is 97.9 cm³/mol. The van der Waals surface area contributed by atoms with Gasteiger partial charge in [0.2, 0.25) is 0 Å². The summed E-state index contributed by atoms with van der Waals surface area (Å²) in [6.45, 7) is 7.27. The Hall–Kier alpha value is -1.03. The zero-order valence-electron chi connectivity index (χ0n) is 13.5. The lowest BCUT2D eigenvalue weighted by Crippen LogP contribution is -2.64. The van der Waals surface area contributed by atoms with E-state index in [-0.39, 0.29) is 4.37 Å². The molecule has 1 N–H and O–H groups in total. The Balaban J connectivity index is 1.86. The highest BCUT2D eigenvalue weighted by Gasteiger charge is 2.60. The Labute approximate surface area is 138 Å². The van der Waals surface area contributed by atoms with Gasteiger partial charge in [0, 0.05) is 9.27 Å². The topological polar surface area (TPSA) is 20.2 Å². The van der Waals surface area contributed by atoms with Gasteiger partial charge in [0.25, 0.3) is 0 Å². The normalized spacial score (nSPS) is 28.2. The van der Waals surface area contributed by atoms with Crippen molar-refractivity contribution < 1.29 is 5.11 Å². The highest BCUT2D eigenvalue weighted by molar-refractivity contribution is 8.02. The molecule has 2 aromatic carbocycles. The summed E-state index contributed by atoms with van der Waals surface area (Å²) in [6.07, 6.45) is 1.72. The molecule has 0 aromatic heterocycles. The molecule has 0 atom stereocenters. The Morgan fingerprint density at radius 1 is 0.864 bits per heavy atom. The second kappa shape index (κ2) is 5.55. The van der Waals surface area contributed by atoms with Gasteiger partial charge in [-0.25, -0.2) is 0 Å². The van der Waals surface area contributed by atoms with Gasteiger partial charge in [0.15, 0.2) is 0 Å². The fourth-order valence-corrected chi connectivity index (χ4v) is 7.91. The van der Waals surface area contributed by atoms with E-state index >= 15 is 0 Å². The third-order valence-corrected chi connectivity index (χ3v) is 11.3.